The number of nitrogens with zero attached hydrogens (tertiary/aromatic N) is 1. The third kappa shape index (κ3) is 3.90. The van der Waals surface area contributed by atoms with E-state index in [9.17, 15) is 14.7 Å². The number of anilines is 2. The normalized spacial score (nSPS) is 10.6. The number of aromatic nitrogens is 2. The van der Waals surface area contributed by atoms with Crippen molar-refractivity contribution in [3.05, 3.63) is 57.9 Å². The predicted molar refractivity (Wildman–Crippen MR) is 111 cm³/mol. The van der Waals surface area contributed by atoms with Gasteiger partial charge in [-0.15, -0.1) is 0 Å². The van der Waals surface area contributed by atoms with Gasteiger partial charge in [0.2, 0.25) is 0 Å². The average Bonchev–Trinajstić information content (AvgIpc) is 2.70. The summed E-state index contributed by atoms with van der Waals surface area (Å²) in [6, 6.07) is 10.5. The van der Waals surface area contributed by atoms with Crippen LogP contribution in [0.2, 0.25) is 0 Å². The van der Waals surface area contributed by atoms with E-state index in [2.05, 4.69) is 15.4 Å². The van der Waals surface area contributed by atoms with E-state index >= 15 is 0 Å². The number of H-pyrrole nitrogens is 1. The predicted octanol–water partition coefficient (Wildman–Crippen LogP) is 2.38. The Hall–Kier alpha value is -3.85. The second-order valence-electron chi connectivity index (χ2n) is 6.30. The lowest BCUT2D eigenvalue weighted by molar-refractivity contribution is 0.0696. The van der Waals surface area contributed by atoms with E-state index in [1.165, 1.54) is 0 Å². The summed E-state index contributed by atoms with van der Waals surface area (Å²) in [4.78, 5) is 30.2. The van der Waals surface area contributed by atoms with Crippen molar-refractivity contribution in [2.24, 2.45) is 5.84 Å². The van der Waals surface area contributed by atoms with E-state index in [1.807, 2.05) is 13.0 Å². The minimum absolute atomic E-state index is 0.0650. The molecule has 2 aromatic carbocycles. The number of ether oxygens (including phenoxy) is 1. The molecular formula is C20H21N5O4. The first kappa shape index (κ1) is 19.9. The summed E-state index contributed by atoms with van der Waals surface area (Å²) in [6.07, 6.45) is 0. The molecule has 1 heterocycles. The van der Waals surface area contributed by atoms with Gasteiger partial charge in [0.15, 0.2) is 5.82 Å². The number of carboxylic acid groups (broad SMARTS) is 1. The molecule has 0 spiro atoms. The van der Waals surface area contributed by atoms with Crippen molar-refractivity contribution < 1.29 is 14.6 Å². The van der Waals surface area contributed by atoms with Crippen LogP contribution in [0.15, 0.2) is 41.2 Å². The van der Waals surface area contributed by atoms with Crippen LogP contribution in [0.1, 0.15) is 22.8 Å². The summed E-state index contributed by atoms with van der Waals surface area (Å²) in [5.41, 5.74) is 10.5. The Labute approximate surface area is 166 Å². The van der Waals surface area contributed by atoms with Crippen molar-refractivity contribution in [1.82, 2.24) is 9.97 Å². The summed E-state index contributed by atoms with van der Waals surface area (Å²) in [6.45, 7) is 3.98. The maximum atomic E-state index is 12.1. The van der Waals surface area contributed by atoms with Gasteiger partial charge >= 0.3 is 5.97 Å². The maximum absolute atomic E-state index is 12.1. The van der Waals surface area contributed by atoms with Crippen LogP contribution in [0.3, 0.4) is 0 Å². The topological polar surface area (TPSA) is 156 Å². The first-order chi connectivity index (χ1) is 13.8. The van der Waals surface area contributed by atoms with Crippen LogP contribution in [0.4, 0.5) is 11.5 Å². The number of hydrogen-bond donors (Lipinski definition) is 5. The number of hydrogen-bond acceptors (Lipinski definition) is 7. The fraction of sp³-hybridized carbons (Fsp3) is 0.150. The first-order valence-electron chi connectivity index (χ1n) is 8.83. The second kappa shape index (κ2) is 8.03. The summed E-state index contributed by atoms with van der Waals surface area (Å²) in [7, 11) is 0. The average molecular weight is 395 g/mol. The number of nitrogen functional groups attached to an aromatic ring is 2. The molecule has 0 amide bonds. The Morgan fingerprint density at radius 1 is 1.24 bits per heavy atom. The zero-order valence-corrected chi connectivity index (χ0v) is 15.9. The molecule has 1 aromatic heterocycles. The molecule has 0 radical (unpaired) electrons. The van der Waals surface area contributed by atoms with Gasteiger partial charge in [-0.1, -0.05) is 18.2 Å². The van der Waals surface area contributed by atoms with Gasteiger partial charge in [-0.2, -0.15) is 0 Å². The van der Waals surface area contributed by atoms with Crippen LogP contribution in [0.25, 0.3) is 22.5 Å². The highest BCUT2D eigenvalue weighted by atomic mass is 16.5. The smallest absolute Gasteiger partial charge is 0.335 e. The molecule has 0 fully saturated rings. The van der Waals surface area contributed by atoms with Gasteiger partial charge < -0.3 is 26.0 Å². The van der Waals surface area contributed by atoms with Crippen LogP contribution < -0.4 is 27.3 Å². The Kier molecular flexibility index (Phi) is 5.51. The molecule has 0 saturated carbocycles. The maximum Gasteiger partial charge on any atom is 0.335 e. The van der Waals surface area contributed by atoms with Gasteiger partial charge in [-0.05, 0) is 48.7 Å². The number of rotatable bonds is 6. The Morgan fingerprint density at radius 3 is 2.55 bits per heavy atom. The van der Waals surface area contributed by atoms with Crippen molar-refractivity contribution in [3.63, 3.8) is 0 Å². The zero-order chi connectivity index (χ0) is 21.1. The van der Waals surface area contributed by atoms with Crippen LogP contribution in [0, 0.1) is 6.92 Å². The minimum atomic E-state index is -0.970. The molecule has 0 saturated heterocycles. The molecule has 0 aliphatic rings. The lowest BCUT2D eigenvalue weighted by Crippen LogP contribution is -2.20. The molecule has 150 valence electrons. The van der Waals surface area contributed by atoms with Crippen LogP contribution in [-0.2, 0) is 0 Å². The van der Waals surface area contributed by atoms with Gasteiger partial charge in [0, 0.05) is 0 Å². The van der Waals surface area contributed by atoms with Gasteiger partial charge in [0.1, 0.15) is 17.3 Å². The number of nitrogens with one attached hydrogen (secondary N) is 2. The molecule has 0 atom stereocenters. The molecule has 0 aliphatic carbocycles. The highest BCUT2D eigenvalue weighted by molar-refractivity contribution is 5.90. The van der Waals surface area contributed by atoms with E-state index in [0.29, 0.717) is 23.5 Å². The standard InChI is InChI=1S/C20H21N5O4/c1-3-29-15-9-12(11-4-6-13(20(27)28)10(2)8-11)5-7-14(15)17-23-18(25-22)16(21)19(26)24-17/h4-9H,3,21-22H2,1-2H3,(H,27,28)(H2,23,24,25,26). The fourth-order valence-electron chi connectivity index (χ4n) is 2.98. The lowest BCUT2D eigenvalue weighted by atomic mass is 9.98. The third-order valence-electron chi connectivity index (χ3n) is 4.42. The van der Waals surface area contributed by atoms with Crippen molar-refractivity contribution in [3.8, 4) is 28.3 Å². The summed E-state index contributed by atoms with van der Waals surface area (Å²) < 4.78 is 5.75. The number of carbonyl (C=O) groups is 1. The molecule has 7 N–H and O–H groups in total. The Balaban J connectivity index is 2.11. The van der Waals surface area contributed by atoms with Crippen molar-refractivity contribution >= 4 is 17.5 Å². The van der Waals surface area contributed by atoms with Gasteiger partial charge in [0.25, 0.3) is 5.56 Å². The van der Waals surface area contributed by atoms with Crippen molar-refractivity contribution in [2.75, 3.05) is 17.8 Å². The third-order valence-corrected chi connectivity index (χ3v) is 4.42. The summed E-state index contributed by atoms with van der Waals surface area (Å²) in [5, 5.41) is 9.21. The number of nitrogens with two attached hydrogens (primary N) is 2. The molecular weight excluding hydrogens is 374 g/mol. The highest BCUT2D eigenvalue weighted by Gasteiger charge is 2.15. The SMILES string of the molecule is CCOc1cc(-c2ccc(C(=O)O)c(C)c2)ccc1-c1nc(NN)c(N)c(=O)[nH]1. The highest BCUT2D eigenvalue weighted by Crippen LogP contribution is 2.33. The first-order valence-corrected chi connectivity index (χ1v) is 8.83. The molecule has 3 rings (SSSR count). The van der Waals surface area contributed by atoms with Gasteiger partial charge in [-0.25, -0.2) is 15.6 Å². The van der Waals surface area contributed by atoms with E-state index in [1.54, 1.807) is 37.3 Å². The number of aromatic amines is 1. The van der Waals surface area contributed by atoms with Crippen LogP contribution >= 0.6 is 0 Å². The van der Waals surface area contributed by atoms with E-state index < -0.39 is 11.5 Å². The monoisotopic (exact) mass is 395 g/mol. The van der Waals surface area contributed by atoms with Crippen LogP contribution in [0.5, 0.6) is 5.75 Å². The molecule has 3 aromatic rings. The van der Waals surface area contributed by atoms with Gasteiger partial charge in [-0.3, -0.25) is 4.79 Å². The molecule has 0 unspecified atom stereocenters. The number of aryl methyl sites for hydroxylation is 1. The quantitative estimate of drug-likeness (QED) is 0.314. The van der Waals surface area contributed by atoms with Crippen LogP contribution in [-0.4, -0.2) is 27.7 Å². The molecule has 0 aliphatic heterocycles. The molecule has 9 nitrogen and oxygen atoms in total. The number of benzene rings is 2. The van der Waals surface area contributed by atoms with E-state index in [4.69, 9.17) is 16.3 Å². The Bertz CT molecular complexity index is 1140. The second-order valence-corrected chi connectivity index (χ2v) is 6.30. The molecule has 29 heavy (non-hydrogen) atoms. The number of aromatic carboxylic acids is 1. The Morgan fingerprint density at radius 2 is 1.93 bits per heavy atom. The largest absolute Gasteiger partial charge is 0.493 e. The zero-order valence-electron chi connectivity index (χ0n) is 15.9. The molecule has 0 bridgehead atoms. The van der Waals surface area contributed by atoms with Crippen molar-refractivity contribution in [1.29, 1.82) is 0 Å². The van der Waals surface area contributed by atoms with E-state index in [0.717, 1.165) is 11.1 Å². The van der Waals surface area contributed by atoms with Gasteiger partial charge in [0.05, 0.1) is 17.7 Å². The summed E-state index contributed by atoms with van der Waals surface area (Å²) >= 11 is 0. The number of carboxylic acids is 1. The number of hydrazine groups is 1. The molecule has 9 heteroatoms. The fourth-order valence-corrected chi connectivity index (χ4v) is 2.98. The van der Waals surface area contributed by atoms with E-state index in [-0.39, 0.29) is 22.9 Å². The summed E-state index contributed by atoms with van der Waals surface area (Å²) in [5.74, 6) is 5.24. The minimum Gasteiger partial charge on any atom is -0.493 e. The van der Waals surface area contributed by atoms with Crippen molar-refractivity contribution in [2.45, 2.75) is 13.8 Å². The lowest BCUT2D eigenvalue weighted by Gasteiger charge is -2.14.